The molecule has 0 radical (unpaired) electrons. The Morgan fingerprint density at radius 1 is 1.27 bits per heavy atom. The van der Waals surface area contributed by atoms with E-state index in [-0.39, 0.29) is 0 Å². The molecule has 76 valence electrons. The van der Waals surface area contributed by atoms with Crippen molar-refractivity contribution in [2.24, 2.45) is 0 Å². The summed E-state index contributed by atoms with van der Waals surface area (Å²) in [6.45, 7) is 0. The monoisotopic (exact) mass is 218 g/mol. The van der Waals surface area contributed by atoms with Crippen LogP contribution in [0.2, 0.25) is 0 Å². The average Bonchev–Trinajstić information content (AvgIpc) is 2.72. The van der Waals surface area contributed by atoms with Crippen LogP contribution in [0.1, 0.15) is 9.67 Å². The zero-order chi connectivity index (χ0) is 10.7. The lowest BCUT2D eigenvalue weighted by Gasteiger charge is -2.03. The van der Waals surface area contributed by atoms with E-state index >= 15 is 0 Å². The molecule has 1 aromatic carbocycles. The summed E-state index contributed by atoms with van der Waals surface area (Å²) >= 11 is 1.40. The van der Waals surface area contributed by atoms with Gasteiger partial charge in [0.05, 0.1) is 12.0 Å². The lowest BCUT2D eigenvalue weighted by Crippen LogP contribution is -1.86. The van der Waals surface area contributed by atoms with E-state index in [2.05, 4.69) is 0 Å². The molecular formula is C12H10O2S. The van der Waals surface area contributed by atoms with Gasteiger partial charge in [-0.3, -0.25) is 4.79 Å². The number of carbonyl (C=O) groups excluding carboxylic acids is 1. The van der Waals surface area contributed by atoms with E-state index in [0.717, 1.165) is 23.2 Å². The van der Waals surface area contributed by atoms with Crippen molar-refractivity contribution >= 4 is 17.6 Å². The Balaban J connectivity index is 2.59. The molecule has 2 nitrogen and oxygen atoms in total. The second-order valence-corrected chi connectivity index (χ2v) is 3.94. The number of hydrogen-bond donors (Lipinski definition) is 0. The van der Waals surface area contributed by atoms with Gasteiger partial charge in [0.2, 0.25) is 0 Å². The van der Waals surface area contributed by atoms with Crippen molar-refractivity contribution in [1.29, 1.82) is 0 Å². The third-order valence-electron chi connectivity index (χ3n) is 2.18. The fraction of sp³-hybridized carbons (Fsp3) is 0.0833. The van der Waals surface area contributed by atoms with Crippen molar-refractivity contribution in [3.63, 3.8) is 0 Å². The molecule has 0 aliphatic heterocycles. The number of thiophene rings is 1. The number of benzene rings is 1. The maximum Gasteiger partial charge on any atom is 0.160 e. The summed E-state index contributed by atoms with van der Waals surface area (Å²) in [6.07, 6.45) is 0.871. The third-order valence-corrected chi connectivity index (χ3v) is 3.06. The Bertz CT molecular complexity index is 460. The van der Waals surface area contributed by atoms with E-state index in [0.29, 0.717) is 4.88 Å². The highest BCUT2D eigenvalue weighted by Crippen LogP contribution is 2.37. The first kappa shape index (κ1) is 9.93. The predicted octanol–water partition coefficient (Wildman–Crippen LogP) is 3.24. The van der Waals surface area contributed by atoms with Crippen LogP contribution in [-0.4, -0.2) is 13.4 Å². The number of methoxy groups -OCH3 is 1. The minimum Gasteiger partial charge on any atom is -0.495 e. The van der Waals surface area contributed by atoms with Gasteiger partial charge in [-0.1, -0.05) is 30.3 Å². The van der Waals surface area contributed by atoms with Crippen LogP contribution in [0.25, 0.3) is 11.1 Å². The fourth-order valence-corrected chi connectivity index (χ4v) is 2.32. The van der Waals surface area contributed by atoms with E-state index in [1.807, 2.05) is 35.7 Å². The van der Waals surface area contributed by atoms with Crippen molar-refractivity contribution in [3.8, 4) is 16.9 Å². The molecule has 1 heterocycles. The van der Waals surface area contributed by atoms with Gasteiger partial charge in [0.25, 0.3) is 0 Å². The molecule has 3 heteroatoms. The predicted molar refractivity (Wildman–Crippen MR) is 61.7 cm³/mol. The molecule has 0 unspecified atom stereocenters. The highest BCUT2D eigenvalue weighted by atomic mass is 32.1. The summed E-state index contributed by atoms with van der Waals surface area (Å²) in [5.41, 5.74) is 1.90. The Labute approximate surface area is 92.1 Å². The quantitative estimate of drug-likeness (QED) is 0.739. The van der Waals surface area contributed by atoms with E-state index in [4.69, 9.17) is 4.74 Å². The molecule has 0 bridgehead atoms. The zero-order valence-electron chi connectivity index (χ0n) is 8.27. The number of aldehydes is 1. The minimum atomic E-state index is 0.707. The van der Waals surface area contributed by atoms with Crippen LogP contribution in [-0.2, 0) is 0 Å². The van der Waals surface area contributed by atoms with Crippen LogP contribution in [0, 0.1) is 0 Å². The van der Waals surface area contributed by atoms with E-state index < -0.39 is 0 Å². The first-order valence-electron chi connectivity index (χ1n) is 4.53. The van der Waals surface area contributed by atoms with E-state index in [1.54, 1.807) is 7.11 Å². The average molecular weight is 218 g/mol. The summed E-state index contributed by atoms with van der Waals surface area (Å²) in [7, 11) is 1.61. The Hall–Kier alpha value is -1.61. The van der Waals surface area contributed by atoms with Gasteiger partial charge in [0.15, 0.2) is 6.29 Å². The van der Waals surface area contributed by atoms with Crippen molar-refractivity contribution in [1.82, 2.24) is 0 Å². The molecule has 0 aliphatic rings. The molecule has 0 amide bonds. The van der Waals surface area contributed by atoms with Gasteiger partial charge in [0.1, 0.15) is 5.75 Å². The lowest BCUT2D eigenvalue weighted by atomic mass is 10.1. The molecule has 0 fully saturated rings. The minimum absolute atomic E-state index is 0.707. The standard InChI is InChI=1S/C12H10O2S/c1-14-10-8-15-11(7-13)12(10)9-5-3-2-4-6-9/h2-8H,1H3. The number of ether oxygens (including phenoxy) is 1. The van der Waals surface area contributed by atoms with Crippen molar-refractivity contribution < 1.29 is 9.53 Å². The third kappa shape index (κ3) is 1.78. The normalized spacial score (nSPS) is 9.93. The first-order chi connectivity index (χ1) is 7.36. The Morgan fingerprint density at radius 3 is 2.60 bits per heavy atom. The van der Waals surface area contributed by atoms with Crippen molar-refractivity contribution in [2.75, 3.05) is 7.11 Å². The largest absolute Gasteiger partial charge is 0.495 e. The van der Waals surface area contributed by atoms with Crippen molar-refractivity contribution in [2.45, 2.75) is 0 Å². The molecule has 0 aliphatic carbocycles. The summed E-state index contributed by atoms with van der Waals surface area (Å²) in [6, 6.07) is 9.78. The molecular weight excluding hydrogens is 208 g/mol. The molecule has 0 saturated heterocycles. The summed E-state index contributed by atoms with van der Waals surface area (Å²) < 4.78 is 5.23. The molecule has 1 aromatic heterocycles. The van der Waals surface area contributed by atoms with Gasteiger partial charge in [0, 0.05) is 10.9 Å². The van der Waals surface area contributed by atoms with E-state index in [9.17, 15) is 4.79 Å². The highest BCUT2D eigenvalue weighted by Gasteiger charge is 2.13. The Morgan fingerprint density at radius 2 is 2.00 bits per heavy atom. The molecule has 0 spiro atoms. The van der Waals surface area contributed by atoms with Crippen LogP contribution in [0.3, 0.4) is 0 Å². The van der Waals surface area contributed by atoms with E-state index in [1.165, 1.54) is 11.3 Å². The van der Waals surface area contributed by atoms with Gasteiger partial charge in [-0.15, -0.1) is 11.3 Å². The smallest absolute Gasteiger partial charge is 0.160 e. The summed E-state index contributed by atoms with van der Waals surface area (Å²) in [4.78, 5) is 11.6. The van der Waals surface area contributed by atoms with Gasteiger partial charge < -0.3 is 4.74 Å². The van der Waals surface area contributed by atoms with Crippen LogP contribution in [0.5, 0.6) is 5.75 Å². The fourth-order valence-electron chi connectivity index (χ4n) is 1.48. The zero-order valence-corrected chi connectivity index (χ0v) is 9.08. The second kappa shape index (κ2) is 4.28. The topological polar surface area (TPSA) is 26.3 Å². The molecule has 0 saturated carbocycles. The van der Waals surface area contributed by atoms with Crippen LogP contribution >= 0.6 is 11.3 Å². The molecule has 2 rings (SSSR count). The summed E-state index contributed by atoms with van der Waals surface area (Å²) in [5, 5.41) is 1.85. The number of carbonyl (C=O) groups is 1. The second-order valence-electron chi connectivity index (χ2n) is 3.03. The van der Waals surface area contributed by atoms with Crippen molar-refractivity contribution in [3.05, 3.63) is 40.6 Å². The molecule has 15 heavy (non-hydrogen) atoms. The van der Waals surface area contributed by atoms with Crippen LogP contribution in [0.4, 0.5) is 0 Å². The van der Waals surface area contributed by atoms with Gasteiger partial charge in [-0.05, 0) is 5.56 Å². The Kier molecular flexibility index (Phi) is 2.83. The maximum absolute atomic E-state index is 10.9. The van der Waals surface area contributed by atoms with Crippen LogP contribution < -0.4 is 4.74 Å². The molecule has 0 N–H and O–H groups in total. The summed E-state index contributed by atoms with van der Waals surface area (Å²) in [5.74, 6) is 0.758. The van der Waals surface area contributed by atoms with Gasteiger partial charge in [-0.2, -0.15) is 0 Å². The van der Waals surface area contributed by atoms with Crippen LogP contribution in [0.15, 0.2) is 35.7 Å². The molecule has 0 atom stereocenters. The first-order valence-corrected chi connectivity index (χ1v) is 5.41. The number of hydrogen-bond acceptors (Lipinski definition) is 3. The maximum atomic E-state index is 10.9. The number of rotatable bonds is 3. The molecule has 2 aromatic rings. The SMILES string of the molecule is COc1csc(C=O)c1-c1ccccc1. The van der Waals surface area contributed by atoms with Gasteiger partial charge in [-0.25, -0.2) is 0 Å². The highest BCUT2D eigenvalue weighted by molar-refractivity contribution is 7.12. The lowest BCUT2D eigenvalue weighted by molar-refractivity contribution is 0.112. The van der Waals surface area contributed by atoms with Gasteiger partial charge >= 0.3 is 0 Å².